The van der Waals surface area contributed by atoms with Crippen molar-refractivity contribution in [1.29, 1.82) is 5.26 Å². The highest BCUT2D eigenvalue weighted by atomic mass is 35.5. The molecule has 0 fully saturated rings. The summed E-state index contributed by atoms with van der Waals surface area (Å²) in [4.78, 5) is 3.88. The zero-order valence-electron chi connectivity index (χ0n) is 6.21. The molecule has 3 nitrogen and oxygen atoms in total. The maximum Gasteiger partial charge on any atom is 0.151 e. The molecule has 0 radical (unpaired) electrons. The molecule has 1 aromatic heterocycles. The Morgan fingerprint density at radius 3 is 3.09 bits per heavy atom. The van der Waals surface area contributed by atoms with Crippen LogP contribution in [0.25, 0.3) is 0 Å². The summed E-state index contributed by atoms with van der Waals surface area (Å²) in [6.07, 6.45) is 1.97. The second-order valence-electron chi connectivity index (χ2n) is 2.10. The predicted molar refractivity (Wildman–Crippen MR) is 42.2 cm³/mol. The van der Waals surface area contributed by atoms with Crippen LogP contribution in [-0.2, 0) is 13.0 Å². The van der Waals surface area contributed by atoms with Crippen molar-refractivity contribution < 1.29 is 0 Å². The SMILES string of the molecule is CCn1cnc(Cl)c1CC#N. The molecule has 0 unspecified atom stereocenters. The average molecular weight is 170 g/mol. The van der Waals surface area contributed by atoms with Crippen molar-refractivity contribution in [1.82, 2.24) is 9.55 Å². The Hall–Kier alpha value is -1.01. The van der Waals surface area contributed by atoms with E-state index in [9.17, 15) is 0 Å². The van der Waals surface area contributed by atoms with E-state index >= 15 is 0 Å². The van der Waals surface area contributed by atoms with Gasteiger partial charge in [-0.25, -0.2) is 4.98 Å². The Balaban J connectivity index is 2.99. The van der Waals surface area contributed by atoms with Crippen LogP contribution >= 0.6 is 11.6 Å². The predicted octanol–water partition coefficient (Wildman–Crippen LogP) is 1.62. The fourth-order valence-corrected chi connectivity index (χ4v) is 1.12. The van der Waals surface area contributed by atoms with Crippen LogP contribution in [0.5, 0.6) is 0 Å². The Bertz CT molecular complexity index is 284. The largest absolute Gasteiger partial charge is 0.333 e. The molecule has 0 aliphatic carbocycles. The minimum absolute atomic E-state index is 0.326. The van der Waals surface area contributed by atoms with Crippen molar-refractivity contribution in [2.45, 2.75) is 19.9 Å². The Morgan fingerprint density at radius 1 is 1.82 bits per heavy atom. The van der Waals surface area contributed by atoms with Crippen LogP contribution in [0.1, 0.15) is 12.6 Å². The van der Waals surface area contributed by atoms with Crippen LogP contribution in [0.3, 0.4) is 0 Å². The van der Waals surface area contributed by atoms with Gasteiger partial charge in [0.1, 0.15) is 0 Å². The summed E-state index contributed by atoms with van der Waals surface area (Å²) in [5.74, 6) is 0. The summed E-state index contributed by atoms with van der Waals surface area (Å²) in [7, 11) is 0. The highest BCUT2D eigenvalue weighted by Crippen LogP contribution is 2.13. The fourth-order valence-electron chi connectivity index (χ4n) is 0.905. The van der Waals surface area contributed by atoms with Crippen LogP contribution in [0.2, 0.25) is 5.15 Å². The summed E-state index contributed by atoms with van der Waals surface area (Å²) in [6.45, 7) is 2.79. The number of halogens is 1. The Labute approximate surface area is 70.2 Å². The van der Waals surface area contributed by atoms with E-state index in [4.69, 9.17) is 16.9 Å². The molecule has 1 rings (SSSR count). The topological polar surface area (TPSA) is 41.6 Å². The number of aryl methyl sites for hydroxylation is 1. The molecule has 0 aromatic carbocycles. The van der Waals surface area contributed by atoms with Crippen molar-refractivity contribution in [3.05, 3.63) is 17.2 Å². The molecule has 0 bridgehead atoms. The average Bonchev–Trinajstić information content (AvgIpc) is 2.34. The summed E-state index contributed by atoms with van der Waals surface area (Å²) >= 11 is 5.72. The molecular weight excluding hydrogens is 162 g/mol. The Kier molecular flexibility index (Phi) is 2.50. The third kappa shape index (κ3) is 1.52. The molecule has 4 heteroatoms. The van der Waals surface area contributed by atoms with Gasteiger partial charge in [-0.05, 0) is 6.92 Å². The van der Waals surface area contributed by atoms with Crippen molar-refractivity contribution in [3.8, 4) is 6.07 Å². The highest BCUT2D eigenvalue weighted by molar-refractivity contribution is 6.30. The van der Waals surface area contributed by atoms with Gasteiger partial charge in [-0.1, -0.05) is 11.6 Å². The molecule has 0 N–H and O–H groups in total. The number of rotatable bonds is 2. The quantitative estimate of drug-likeness (QED) is 0.675. The second kappa shape index (κ2) is 3.40. The van der Waals surface area contributed by atoms with Crippen LogP contribution in [0.4, 0.5) is 0 Å². The lowest BCUT2D eigenvalue weighted by molar-refractivity contribution is 0.727. The lowest BCUT2D eigenvalue weighted by Crippen LogP contribution is -1.98. The van der Waals surface area contributed by atoms with E-state index in [1.54, 1.807) is 6.33 Å². The number of aromatic nitrogens is 2. The van der Waals surface area contributed by atoms with Crippen molar-refractivity contribution in [3.63, 3.8) is 0 Å². The third-order valence-corrected chi connectivity index (χ3v) is 1.80. The molecule has 0 atom stereocenters. The molecule has 0 saturated heterocycles. The standard InChI is InChI=1S/C7H8ClN3/c1-2-11-5-10-7(8)6(11)3-4-9/h5H,2-3H2,1H3. The van der Waals surface area contributed by atoms with Gasteiger partial charge in [0.2, 0.25) is 0 Å². The van der Waals surface area contributed by atoms with E-state index in [-0.39, 0.29) is 0 Å². The molecule has 1 aromatic rings. The second-order valence-corrected chi connectivity index (χ2v) is 2.46. The zero-order chi connectivity index (χ0) is 8.27. The van der Waals surface area contributed by atoms with Crippen LogP contribution in [0.15, 0.2) is 6.33 Å². The van der Waals surface area contributed by atoms with E-state index in [0.29, 0.717) is 11.6 Å². The van der Waals surface area contributed by atoms with E-state index in [1.165, 1.54) is 0 Å². The third-order valence-electron chi connectivity index (χ3n) is 1.48. The van der Waals surface area contributed by atoms with Crippen molar-refractivity contribution in [2.24, 2.45) is 0 Å². The Morgan fingerprint density at radius 2 is 2.55 bits per heavy atom. The fraction of sp³-hybridized carbons (Fsp3) is 0.429. The number of hydrogen-bond acceptors (Lipinski definition) is 2. The zero-order valence-corrected chi connectivity index (χ0v) is 6.97. The normalized spacial score (nSPS) is 9.55. The van der Waals surface area contributed by atoms with Crippen molar-refractivity contribution >= 4 is 11.6 Å². The molecule has 0 spiro atoms. The summed E-state index contributed by atoms with van der Waals surface area (Å²) in [6, 6.07) is 2.04. The molecule has 0 aliphatic rings. The number of imidazole rings is 1. The van der Waals surface area contributed by atoms with Gasteiger partial charge in [0.25, 0.3) is 0 Å². The van der Waals surface area contributed by atoms with Gasteiger partial charge < -0.3 is 4.57 Å². The van der Waals surface area contributed by atoms with Crippen LogP contribution < -0.4 is 0 Å². The molecule has 0 amide bonds. The van der Waals surface area contributed by atoms with Crippen molar-refractivity contribution in [2.75, 3.05) is 0 Å². The van der Waals surface area contributed by atoms with Gasteiger partial charge in [-0.15, -0.1) is 0 Å². The van der Waals surface area contributed by atoms with Gasteiger partial charge in [-0.2, -0.15) is 5.26 Å². The molecule has 0 aliphatic heterocycles. The summed E-state index contributed by atoms with van der Waals surface area (Å²) in [5.41, 5.74) is 0.802. The number of nitrogens with zero attached hydrogens (tertiary/aromatic N) is 3. The van der Waals surface area contributed by atoms with Gasteiger partial charge in [0, 0.05) is 6.54 Å². The first kappa shape index (κ1) is 8.09. The first-order valence-corrected chi connectivity index (χ1v) is 3.73. The number of nitriles is 1. The van der Waals surface area contributed by atoms with E-state index in [1.807, 2.05) is 17.6 Å². The molecule has 1 heterocycles. The van der Waals surface area contributed by atoms with E-state index in [2.05, 4.69) is 4.98 Å². The van der Waals surface area contributed by atoms with Gasteiger partial charge >= 0.3 is 0 Å². The van der Waals surface area contributed by atoms with E-state index < -0.39 is 0 Å². The number of hydrogen-bond donors (Lipinski definition) is 0. The highest BCUT2D eigenvalue weighted by Gasteiger charge is 2.05. The molecule has 0 saturated carbocycles. The lowest BCUT2D eigenvalue weighted by atomic mass is 10.3. The smallest absolute Gasteiger partial charge is 0.151 e. The molecular formula is C7H8ClN3. The van der Waals surface area contributed by atoms with Crippen LogP contribution in [0, 0.1) is 11.3 Å². The van der Waals surface area contributed by atoms with Crippen LogP contribution in [-0.4, -0.2) is 9.55 Å². The minimum atomic E-state index is 0.326. The first-order chi connectivity index (χ1) is 5.29. The first-order valence-electron chi connectivity index (χ1n) is 3.36. The summed E-state index contributed by atoms with van der Waals surface area (Å²) in [5, 5.41) is 8.87. The maximum atomic E-state index is 8.43. The van der Waals surface area contributed by atoms with E-state index in [0.717, 1.165) is 12.2 Å². The van der Waals surface area contributed by atoms with Gasteiger partial charge in [0.15, 0.2) is 5.15 Å². The van der Waals surface area contributed by atoms with Gasteiger partial charge in [0.05, 0.1) is 24.5 Å². The lowest BCUT2D eigenvalue weighted by Gasteiger charge is -1.99. The minimum Gasteiger partial charge on any atom is -0.333 e. The monoisotopic (exact) mass is 169 g/mol. The summed E-state index contributed by atoms with van der Waals surface area (Å²) < 4.78 is 1.87. The maximum absolute atomic E-state index is 8.43. The van der Waals surface area contributed by atoms with Gasteiger partial charge in [-0.3, -0.25) is 0 Å². The molecule has 58 valence electrons. The molecule has 11 heavy (non-hydrogen) atoms.